The fourth-order valence-corrected chi connectivity index (χ4v) is 3.72. The number of nitrogens with one attached hydrogen (secondary N) is 1. The molecule has 0 amide bonds. The molecule has 1 heterocycles. The second-order valence-corrected chi connectivity index (χ2v) is 8.11. The summed E-state index contributed by atoms with van der Waals surface area (Å²) < 4.78 is 5.31. The van der Waals surface area contributed by atoms with Gasteiger partial charge in [-0.2, -0.15) is 0 Å². The van der Waals surface area contributed by atoms with E-state index >= 15 is 0 Å². The van der Waals surface area contributed by atoms with E-state index in [0.29, 0.717) is 22.8 Å². The van der Waals surface area contributed by atoms with Crippen LogP contribution in [0.3, 0.4) is 0 Å². The van der Waals surface area contributed by atoms with Gasteiger partial charge in [0.2, 0.25) is 0 Å². The molecule has 0 aliphatic carbocycles. The zero-order chi connectivity index (χ0) is 21.7. The topological polar surface area (TPSA) is 85.3 Å². The quantitative estimate of drug-likeness (QED) is 0.553. The maximum Gasteiger partial charge on any atom is 0.341 e. The molecule has 0 radical (unpaired) electrons. The third-order valence-corrected chi connectivity index (χ3v) is 5.55. The lowest BCUT2D eigenvalue weighted by atomic mass is 10.1. The van der Waals surface area contributed by atoms with E-state index in [0.717, 1.165) is 26.2 Å². The fraction of sp³-hybridized carbons (Fsp3) is 0.381. The van der Waals surface area contributed by atoms with Gasteiger partial charge in [0.15, 0.2) is 0 Å². The Labute approximate surface area is 185 Å². The summed E-state index contributed by atoms with van der Waals surface area (Å²) >= 11 is 11.9. The summed E-state index contributed by atoms with van der Waals surface area (Å²) in [6.45, 7) is 5.09. The first kappa shape index (κ1) is 22.5. The standard InChI is InChI=1S/C21H25Cl2N3O4/c1-25-4-6-26(7-5-25)8-9-30-21(29)17-3-2-16(12-19(17)27)24-13-14-10-15(22)11-18(23)20(14)28/h2-3,10-12,24,27-28H,4-9,13H2,1H3. The number of phenols is 2. The van der Waals surface area contributed by atoms with Crippen LogP contribution in [0.2, 0.25) is 10.0 Å². The summed E-state index contributed by atoms with van der Waals surface area (Å²) in [5.41, 5.74) is 1.18. The molecule has 0 aromatic heterocycles. The summed E-state index contributed by atoms with van der Waals surface area (Å²) in [5, 5.41) is 23.9. The summed E-state index contributed by atoms with van der Waals surface area (Å²) in [4.78, 5) is 16.8. The van der Waals surface area contributed by atoms with Crippen LogP contribution in [-0.4, -0.2) is 72.4 Å². The lowest BCUT2D eigenvalue weighted by Crippen LogP contribution is -2.45. The monoisotopic (exact) mass is 453 g/mol. The first-order valence-electron chi connectivity index (χ1n) is 9.65. The van der Waals surface area contributed by atoms with Gasteiger partial charge in [0.1, 0.15) is 23.7 Å². The van der Waals surface area contributed by atoms with Crippen molar-refractivity contribution in [1.29, 1.82) is 0 Å². The van der Waals surface area contributed by atoms with Crippen LogP contribution in [0.4, 0.5) is 5.69 Å². The first-order chi connectivity index (χ1) is 14.3. The van der Waals surface area contributed by atoms with E-state index in [1.54, 1.807) is 12.1 Å². The second kappa shape index (κ2) is 10.2. The molecular formula is C21H25Cl2N3O4. The van der Waals surface area contributed by atoms with Gasteiger partial charge in [-0.3, -0.25) is 4.90 Å². The molecule has 0 bridgehead atoms. The number of hydrogen-bond donors (Lipinski definition) is 3. The molecule has 0 saturated carbocycles. The first-order valence-corrected chi connectivity index (χ1v) is 10.4. The molecule has 7 nitrogen and oxygen atoms in total. The summed E-state index contributed by atoms with van der Waals surface area (Å²) in [7, 11) is 2.09. The molecule has 2 aromatic rings. The van der Waals surface area contributed by atoms with Crippen molar-refractivity contribution in [2.45, 2.75) is 6.54 Å². The highest BCUT2D eigenvalue weighted by molar-refractivity contribution is 6.35. The van der Waals surface area contributed by atoms with E-state index in [1.165, 1.54) is 18.2 Å². The number of benzene rings is 2. The van der Waals surface area contributed by atoms with Gasteiger partial charge in [0.05, 0.1) is 5.02 Å². The molecule has 1 aliphatic heterocycles. The molecule has 1 aliphatic rings. The van der Waals surface area contributed by atoms with Gasteiger partial charge in [-0.15, -0.1) is 0 Å². The number of hydrogen-bond acceptors (Lipinski definition) is 7. The van der Waals surface area contributed by atoms with Gasteiger partial charge < -0.3 is 25.2 Å². The van der Waals surface area contributed by atoms with Crippen molar-refractivity contribution in [2.24, 2.45) is 0 Å². The van der Waals surface area contributed by atoms with E-state index < -0.39 is 5.97 Å². The Balaban J connectivity index is 1.52. The van der Waals surface area contributed by atoms with Crippen LogP contribution in [0, 0.1) is 0 Å². The highest BCUT2D eigenvalue weighted by atomic mass is 35.5. The number of esters is 1. The van der Waals surface area contributed by atoms with Crippen LogP contribution in [0.5, 0.6) is 11.5 Å². The van der Waals surface area contributed by atoms with E-state index in [2.05, 4.69) is 22.2 Å². The van der Waals surface area contributed by atoms with Crippen LogP contribution in [0.25, 0.3) is 0 Å². The number of halogens is 2. The molecule has 0 unspecified atom stereocenters. The van der Waals surface area contributed by atoms with Gasteiger partial charge in [-0.1, -0.05) is 23.2 Å². The molecule has 162 valence electrons. The number of likely N-dealkylation sites (N-methyl/N-ethyl adjacent to an activating group) is 1. The predicted octanol–water partition coefficient (Wildman–Crippen LogP) is 3.42. The van der Waals surface area contributed by atoms with Crippen molar-refractivity contribution in [3.63, 3.8) is 0 Å². The van der Waals surface area contributed by atoms with Gasteiger partial charge >= 0.3 is 5.97 Å². The highest BCUT2D eigenvalue weighted by Gasteiger charge is 2.16. The van der Waals surface area contributed by atoms with E-state index in [-0.39, 0.29) is 35.2 Å². The fourth-order valence-electron chi connectivity index (χ4n) is 3.18. The third-order valence-electron chi connectivity index (χ3n) is 5.04. The SMILES string of the molecule is CN1CCN(CCOC(=O)c2ccc(NCc3cc(Cl)cc(Cl)c3O)cc2O)CC1. The van der Waals surface area contributed by atoms with E-state index in [4.69, 9.17) is 27.9 Å². The minimum atomic E-state index is -0.563. The number of ether oxygens (including phenoxy) is 1. The number of carbonyl (C=O) groups is 1. The van der Waals surface area contributed by atoms with Gasteiger partial charge in [0, 0.05) is 61.6 Å². The minimum absolute atomic E-state index is 0.0571. The second-order valence-electron chi connectivity index (χ2n) is 7.26. The molecule has 3 N–H and O–H groups in total. The molecule has 9 heteroatoms. The molecule has 1 saturated heterocycles. The summed E-state index contributed by atoms with van der Waals surface area (Å²) in [6.07, 6.45) is 0. The Morgan fingerprint density at radius 3 is 2.57 bits per heavy atom. The number of phenolic OH excluding ortho intramolecular Hbond substituents is 2. The third kappa shape index (κ3) is 5.92. The maximum atomic E-state index is 12.3. The zero-order valence-electron chi connectivity index (χ0n) is 16.7. The van der Waals surface area contributed by atoms with Crippen molar-refractivity contribution >= 4 is 34.9 Å². The van der Waals surface area contributed by atoms with E-state index in [9.17, 15) is 15.0 Å². The lowest BCUT2D eigenvalue weighted by Gasteiger charge is -2.32. The normalized spacial score (nSPS) is 15.2. The van der Waals surface area contributed by atoms with Crippen molar-refractivity contribution in [3.8, 4) is 11.5 Å². The molecule has 30 heavy (non-hydrogen) atoms. The molecule has 0 atom stereocenters. The Hall–Kier alpha value is -2.19. The maximum absolute atomic E-state index is 12.3. The number of anilines is 1. The van der Waals surface area contributed by atoms with Crippen LogP contribution in [0.1, 0.15) is 15.9 Å². The van der Waals surface area contributed by atoms with Crippen molar-refractivity contribution < 1.29 is 19.7 Å². The number of piperazine rings is 1. The lowest BCUT2D eigenvalue weighted by molar-refractivity contribution is 0.0429. The average Bonchev–Trinajstić information content (AvgIpc) is 2.71. The minimum Gasteiger partial charge on any atom is -0.507 e. The number of carbonyl (C=O) groups excluding carboxylic acids is 1. The van der Waals surface area contributed by atoms with Crippen LogP contribution in [0.15, 0.2) is 30.3 Å². The van der Waals surface area contributed by atoms with Crippen LogP contribution in [-0.2, 0) is 11.3 Å². The number of aromatic hydroxyl groups is 2. The van der Waals surface area contributed by atoms with Gasteiger partial charge in [-0.25, -0.2) is 4.79 Å². The molecule has 0 spiro atoms. The zero-order valence-corrected chi connectivity index (χ0v) is 18.2. The van der Waals surface area contributed by atoms with Crippen LogP contribution < -0.4 is 5.32 Å². The molecule has 2 aromatic carbocycles. The van der Waals surface area contributed by atoms with Crippen LogP contribution >= 0.6 is 23.2 Å². The highest BCUT2D eigenvalue weighted by Crippen LogP contribution is 2.32. The van der Waals surface area contributed by atoms with E-state index in [1.807, 2.05) is 0 Å². The molecule has 3 rings (SSSR count). The van der Waals surface area contributed by atoms with Crippen molar-refractivity contribution in [1.82, 2.24) is 9.80 Å². The number of rotatable bonds is 7. The van der Waals surface area contributed by atoms with Crippen molar-refractivity contribution in [3.05, 3.63) is 51.5 Å². The smallest absolute Gasteiger partial charge is 0.341 e. The van der Waals surface area contributed by atoms with Gasteiger partial charge in [-0.05, 0) is 31.3 Å². The summed E-state index contributed by atoms with van der Waals surface area (Å²) in [6, 6.07) is 7.64. The average molecular weight is 454 g/mol. The number of nitrogens with zero attached hydrogens (tertiary/aromatic N) is 2. The predicted molar refractivity (Wildman–Crippen MR) is 118 cm³/mol. The van der Waals surface area contributed by atoms with Gasteiger partial charge in [0.25, 0.3) is 0 Å². The Morgan fingerprint density at radius 2 is 1.87 bits per heavy atom. The Kier molecular flexibility index (Phi) is 7.66. The summed E-state index contributed by atoms with van der Waals surface area (Å²) in [5.74, 6) is -0.802. The Morgan fingerprint density at radius 1 is 1.13 bits per heavy atom. The van der Waals surface area contributed by atoms with Crippen molar-refractivity contribution in [2.75, 3.05) is 51.7 Å². The largest absolute Gasteiger partial charge is 0.507 e. The molecule has 1 fully saturated rings. The Bertz CT molecular complexity index is 902. The molecular weight excluding hydrogens is 429 g/mol.